The van der Waals surface area contributed by atoms with E-state index >= 15 is 0 Å². The third kappa shape index (κ3) is 3.38. The number of nitrogens with zero attached hydrogens (tertiary/aromatic N) is 1. The summed E-state index contributed by atoms with van der Waals surface area (Å²) < 4.78 is 0. The number of carbonyl (C=O) groups is 2. The molecule has 2 aromatic rings. The summed E-state index contributed by atoms with van der Waals surface area (Å²) in [4.78, 5) is 27.1. The van der Waals surface area contributed by atoms with E-state index in [-0.39, 0.29) is 12.3 Å². The molecule has 0 saturated carbocycles. The molecule has 0 unspecified atom stereocenters. The van der Waals surface area contributed by atoms with Gasteiger partial charge in [0.05, 0.1) is 28.9 Å². The number of rotatable bonds is 4. The summed E-state index contributed by atoms with van der Waals surface area (Å²) in [5, 5.41) is 13.2. The molecule has 19 heavy (non-hydrogen) atoms. The molecule has 0 saturated heterocycles. The first-order valence-corrected chi connectivity index (χ1v) is 6.46. The lowest BCUT2D eigenvalue weighted by Crippen LogP contribution is -2.12. The van der Waals surface area contributed by atoms with Crippen LogP contribution in [0.1, 0.15) is 20.9 Å². The highest BCUT2D eigenvalue weighted by atomic mass is 32.1. The average molecular weight is 276 g/mol. The van der Waals surface area contributed by atoms with Gasteiger partial charge >= 0.3 is 5.97 Å². The summed E-state index contributed by atoms with van der Waals surface area (Å²) in [7, 11) is 0. The second kappa shape index (κ2) is 5.62. The normalized spacial score (nSPS) is 10.2. The van der Waals surface area contributed by atoms with Crippen molar-refractivity contribution in [3.63, 3.8) is 0 Å². The maximum Gasteiger partial charge on any atom is 0.309 e. The number of anilines is 1. The van der Waals surface area contributed by atoms with Crippen LogP contribution in [0.5, 0.6) is 0 Å². The molecule has 2 heterocycles. The monoisotopic (exact) mass is 276 g/mol. The standard InChI is InChI=1S/C13H12N2O3S/c1-8-4-5-19-12(8)13(18)15-10-3-2-9(14-7-10)6-11(16)17/h2-5,7H,6H2,1H3,(H,15,18)(H,16,17). The summed E-state index contributed by atoms with van der Waals surface area (Å²) in [5.41, 5.74) is 1.93. The number of amides is 1. The zero-order valence-corrected chi connectivity index (χ0v) is 11.0. The molecule has 2 N–H and O–H groups in total. The number of carboxylic acid groups (broad SMARTS) is 1. The smallest absolute Gasteiger partial charge is 0.309 e. The van der Waals surface area contributed by atoms with Gasteiger partial charge in [0, 0.05) is 0 Å². The maximum atomic E-state index is 11.9. The van der Waals surface area contributed by atoms with Gasteiger partial charge in [0.1, 0.15) is 0 Å². The average Bonchev–Trinajstić information content (AvgIpc) is 2.77. The molecule has 0 aromatic carbocycles. The van der Waals surface area contributed by atoms with Gasteiger partial charge in [-0.2, -0.15) is 0 Å². The highest BCUT2D eigenvalue weighted by molar-refractivity contribution is 7.12. The predicted octanol–water partition coefficient (Wildman–Crippen LogP) is 2.33. The van der Waals surface area contributed by atoms with Gasteiger partial charge in [0.25, 0.3) is 5.91 Å². The van der Waals surface area contributed by atoms with E-state index in [4.69, 9.17) is 5.11 Å². The van der Waals surface area contributed by atoms with Crippen LogP contribution in [0.2, 0.25) is 0 Å². The molecule has 2 aromatic heterocycles. The molecule has 98 valence electrons. The largest absolute Gasteiger partial charge is 0.481 e. The van der Waals surface area contributed by atoms with E-state index in [2.05, 4.69) is 10.3 Å². The number of hydrogen-bond donors (Lipinski definition) is 2. The third-order valence-electron chi connectivity index (χ3n) is 2.48. The summed E-state index contributed by atoms with van der Waals surface area (Å²) in [6.07, 6.45) is 1.33. The Morgan fingerprint density at radius 3 is 2.68 bits per heavy atom. The lowest BCUT2D eigenvalue weighted by molar-refractivity contribution is -0.136. The minimum Gasteiger partial charge on any atom is -0.481 e. The number of pyridine rings is 1. The second-order valence-electron chi connectivity index (χ2n) is 4.00. The highest BCUT2D eigenvalue weighted by Gasteiger charge is 2.10. The van der Waals surface area contributed by atoms with Gasteiger partial charge in [-0.05, 0) is 36.1 Å². The molecule has 1 amide bonds. The molecule has 0 atom stereocenters. The number of aromatic nitrogens is 1. The molecule has 2 rings (SSSR count). The highest BCUT2D eigenvalue weighted by Crippen LogP contribution is 2.17. The van der Waals surface area contributed by atoms with Gasteiger partial charge in [0.15, 0.2) is 0 Å². The number of nitrogens with one attached hydrogen (secondary N) is 1. The summed E-state index contributed by atoms with van der Waals surface area (Å²) >= 11 is 1.38. The van der Waals surface area contributed by atoms with E-state index in [1.807, 2.05) is 18.4 Å². The lowest BCUT2D eigenvalue weighted by atomic mass is 10.2. The molecule has 0 radical (unpaired) electrons. The zero-order valence-electron chi connectivity index (χ0n) is 10.2. The third-order valence-corrected chi connectivity index (χ3v) is 3.50. The molecular weight excluding hydrogens is 264 g/mol. The van der Waals surface area contributed by atoms with Crippen molar-refractivity contribution in [3.05, 3.63) is 45.9 Å². The molecule has 0 fully saturated rings. The minimum absolute atomic E-state index is 0.127. The summed E-state index contributed by atoms with van der Waals surface area (Å²) in [6.45, 7) is 1.87. The summed E-state index contributed by atoms with van der Waals surface area (Å²) in [5.74, 6) is -1.11. The van der Waals surface area contributed by atoms with E-state index in [9.17, 15) is 9.59 Å². The van der Waals surface area contributed by atoms with Gasteiger partial charge in [-0.25, -0.2) is 0 Å². The van der Waals surface area contributed by atoms with Crippen molar-refractivity contribution >= 4 is 28.9 Å². The fourth-order valence-electron chi connectivity index (χ4n) is 1.55. The van der Waals surface area contributed by atoms with Crippen LogP contribution in [0.4, 0.5) is 5.69 Å². The molecule has 0 aliphatic rings. The Kier molecular flexibility index (Phi) is 3.91. The van der Waals surface area contributed by atoms with Crippen LogP contribution in [-0.2, 0) is 11.2 Å². The molecular formula is C13H12N2O3S. The zero-order chi connectivity index (χ0) is 13.8. The molecule has 5 nitrogen and oxygen atoms in total. The van der Waals surface area contributed by atoms with Crippen molar-refractivity contribution in [2.24, 2.45) is 0 Å². The number of hydrogen-bond acceptors (Lipinski definition) is 4. The predicted molar refractivity (Wildman–Crippen MR) is 72.6 cm³/mol. The Hall–Kier alpha value is -2.21. The van der Waals surface area contributed by atoms with Gasteiger partial charge in [-0.1, -0.05) is 0 Å². The SMILES string of the molecule is Cc1ccsc1C(=O)Nc1ccc(CC(=O)O)nc1. The number of aliphatic carboxylic acids is 1. The molecule has 0 aliphatic heterocycles. The van der Waals surface area contributed by atoms with Crippen LogP contribution in [0.15, 0.2) is 29.8 Å². The quantitative estimate of drug-likeness (QED) is 0.898. The number of carboxylic acids is 1. The van der Waals surface area contributed by atoms with Crippen LogP contribution in [0.25, 0.3) is 0 Å². The Morgan fingerprint density at radius 2 is 2.16 bits per heavy atom. The Balaban J connectivity index is 2.06. The van der Waals surface area contributed by atoms with E-state index in [0.717, 1.165) is 5.56 Å². The Morgan fingerprint density at radius 1 is 1.37 bits per heavy atom. The minimum atomic E-state index is -0.932. The van der Waals surface area contributed by atoms with Crippen molar-refractivity contribution in [2.45, 2.75) is 13.3 Å². The Labute approximate surface area is 113 Å². The maximum absolute atomic E-state index is 11.9. The molecule has 0 aliphatic carbocycles. The van der Waals surface area contributed by atoms with E-state index in [1.165, 1.54) is 17.5 Å². The number of carbonyl (C=O) groups excluding carboxylic acids is 1. The van der Waals surface area contributed by atoms with Crippen LogP contribution < -0.4 is 5.32 Å². The van der Waals surface area contributed by atoms with E-state index in [1.54, 1.807) is 12.1 Å². The summed E-state index contributed by atoms with van der Waals surface area (Å²) in [6, 6.07) is 5.12. The van der Waals surface area contributed by atoms with Crippen LogP contribution >= 0.6 is 11.3 Å². The van der Waals surface area contributed by atoms with Crippen LogP contribution in [-0.4, -0.2) is 22.0 Å². The number of thiophene rings is 1. The first kappa shape index (κ1) is 13.2. The topological polar surface area (TPSA) is 79.3 Å². The van der Waals surface area contributed by atoms with Gasteiger partial charge in [-0.3, -0.25) is 14.6 Å². The van der Waals surface area contributed by atoms with Crippen LogP contribution in [0, 0.1) is 6.92 Å². The van der Waals surface area contributed by atoms with Gasteiger partial charge in [-0.15, -0.1) is 11.3 Å². The van der Waals surface area contributed by atoms with Gasteiger partial charge < -0.3 is 10.4 Å². The second-order valence-corrected chi connectivity index (χ2v) is 4.91. The van der Waals surface area contributed by atoms with Crippen molar-refractivity contribution in [2.75, 3.05) is 5.32 Å². The van der Waals surface area contributed by atoms with Crippen LogP contribution in [0.3, 0.4) is 0 Å². The molecule has 0 spiro atoms. The number of aryl methyl sites for hydroxylation is 1. The van der Waals surface area contributed by atoms with E-state index in [0.29, 0.717) is 16.3 Å². The molecule has 6 heteroatoms. The van der Waals surface area contributed by atoms with Crippen molar-refractivity contribution < 1.29 is 14.7 Å². The van der Waals surface area contributed by atoms with Crippen molar-refractivity contribution in [1.82, 2.24) is 4.98 Å². The first-order valence-electron chi connectivity index (χ1n) is 5.58. The lowest BCUT2D eigenvalue weighted by Gasteiger charge is -2.04. The first-order chi connectivity index (χ1) is 9.06. The Bertz CT molecular complexity index is 605. The fourth-order valence-corrected chi connectivity index (χ4v) is 2.37. The van der Waals surface area contributed by atoms with E-state index < -0.39 is 5.97 Å². The molecule has 0 bridgehead atoms. The van der Waals surface area contributed by atoms with Crippen molar-refractivity contribution in [3.8, 4) is 0 Å². The fraction of sp³-hybridized carbons (Fsp3) is 0.154. The van der Waals surface area contributed by atoms with Gasteiger partial charge in [0.2, 0.25) is 0 Å². The van der Waals surface area contributed by atoms with Crippen molar-refractivity contribution in [1.29, 1.82) is 0 Å².